The molecule has 0 amide bonds. The number of methoxy groups -OCH3 is 1. The minimum Gasteiger partial charge on any atom is -0.384 e. The first-order valence-corrected chi connectivity index (χ1v) is 7.24. The van der Waals surface area contributed by atoms with Crippen LogP contribution in [0.3, 0.4) is 0 Å². The molecule has 100 valence electrons. The molecule has 0 aromatic carbocycles. The van der Waals surface area contributed by atoms with E-state index in [1.165, 1.54) is 51.9 Å². The van der Waals surface area contributed by atoms with Crippen LogP contribution in [0.1, 0.15) is 32.6 Å². The standard InChI is InChI=1S/C14H28N2O/c1-12(11-17-2)10-16-8-5-13(6-9-16)14-4-3-7-15-14/h12-15H,3-11H2,1-2H3. The maximum Gasteiger partial charge on any atom is 0.0500 e. The predicted octanol–water partition coefficient (Wildman–Crippen LogP) is 1.73. The molecule has 0 radical (unpaired) electrons. The first-order chi connectivity index (χ1) is 8.29. The fraction of sp³-hybridized carbons (Fsp3) is 1.00. The molecule has 0 bridgehead atoms. The molecule has 1 N–H and O–H groups in total. The lowest BCUT2D eigenvalue weighted by Crippen LogP contribution is -2.42. The van der Waals surface area contributed by atoms with Gasteiger partial charge in [-0.05, 0) is 57.2 Å². The second-order valence-electron chi connectivity index (χ2n) is 5.90. The average molecular weight is 240 g/mol. The largest absolute Gasteiger partial charge is 0.384 e. The molecule has 2 aliphatic heterocycles. The molecule has 2 heterocycles. The molecule has 0 aromatic rings. The summed E-state index contributed by atoms with van der Waals surface area (Å²) in [5.41, 5.74) is 0. The lowest BCUT2D eigenvalue weighted by Gasteiger charge is -2.36. The highest BCUT2D eigenvalue weighted by molar-refractivity contribution is 4.85. The van der Waals surface area contributed by atoms with Gasteiger partial charge in [-0.1, -0.05) is 6.92 Å². The van der Waals surface area contributed by atoms with Gasteiger partial charge in [0.05, 0.1) is 0 Å². The van der Waals surface area contributed by atoms with Crippen molar-refractivity contribution in [3.05, 3.63) is 0 Å². The highest BCUT2D eigenvalue weighted by Crippen LogP contribution is 2.25. The van der Waals surface area contributed by atoms with E-state index in [2.05, 4.69) is 17.1 Å². The summed E-state index contributed by atoms with van der Waals surface area (Å²) in [6, 6.07) is 0.827. The van der Waals surface area contributed by atoms with Gasteiger partial charge in [-0.3, -0.25) is 0 Å². The summed E-state index contributed by atoms with van der Waals surface area (Å²) in [5, 5.41) is 3.66. The van der Waals surface area contributed by atoms with Gasteiger partial charge in [0.1, 0.15) is 0 Å². The Balaban J connectivity index is 1.66. The summed E-state index contributed by atoms with van der Waals surface area (Å²) in [4.78, 5) is 2.62. The SMILES string of the molecule is COCC(C)CN1CCC(C2CCCN2)CC1. The van der Waals surface area contributed by atoms with Gasteiger partial charge in [-0.2, -0.15) is 0 Å². The molecule has 2 fully saturated rings. The molecule has 0 aromatic heterocycles. The predicted molar refractivity (Wildman–Crippen MR) is 71.2 cm³/mol. The van der Waals surface area contributed by atoms with Crippen molar-refractivity contribution >= 4 is 0 Å². The monoisotopic (exact) mass is 240 g/mol. The zero-order valence-corrected chi connectivity index (χ0v) is 11.5. The van der Waals surface area contributed by atoms with E-state index in [0.29, 0.717) is 5.92 Å². The van der Waals surface area contributed by atoms with Crippen molar-refractivity contribution in [3.63, 3.8) is 0 Å². The fourth-order valence-electron chi connectivity index (χ4n) is 3.43. The Bertz CT molecular complexity index is 208. The normalized spacial score (nSPS) is 29.6. The van der Waals surface area contributed by atoms with Gasteiger partial charge in [0.2, 0.25) is 0 Å². The highest BCUT2D eigenvalue weighted by atomic mass is 16.5. The van der Waals surface area contributed by atoms with Crippen LogP contribution in [-0.2, 0) is 4.74 Å². The Kier molecular flexibility index (Phi) is 5.26. The smallest absolute Gasteiger partial charge is 0.0500 e. The van der Waals surface area contributed by atoms with Crippen LogP contribution >= 0.6 is 0 Å². The maximum atomic E-state index is 5.21. The third-order valence-electron chi connectivity index (χ3n) is 4.32. The molecule has 2 aliphatic rings. The Morgan fingerprint density at radius 2 is 2.06 bits per heavy atom. The molecule has 2 saturated heterocycles. The second kappa shape index (κ2) is 6.72. The van der Waals surface area contributed by atoms with E-state index in [1.54, 1.807) is 7.11 Å². The first-order valence-electron chi connectivity index (χ1n) is 7.24. The highest BCUT2D eigenvalue weighted by Gasteiger charge is 2.28. The minimum absolute atomic E-state index is 0.668. The van der Waals surface area contributed by atoms with Crippen molar-refractivity contribution in [2.75, 3.05) is 39.9 Å². The molecular formula is C14H28N2O. The van der Waals surface area contributed by atoms with E-state index >= 15 is 0 Å². The Labute approximate surface area is 106 Å². The van der Waals surface area contributed by atoms with Gasteiger partial charge in [0.15, 0.2) is 0 Å². The lowest BCUT2D eigenvalue weighted by molar-refractivity contribution is 0.104. The Morgan fingerprint density at radius 1 is 1.29 bits per heavy atom. The molecule has 0 aliphatic carbocycles. The van der Waals surface area contributed by atoms with E-state index in [4.69, 9.17) is 4.74 Å². The van der Waals surface area contributed by atoms with Crippen LogP contribution in [0.4, 0.5) is 0 Å². The zero-order valence-electron chi connectivity index (χ0n) is 11.5. The molecule has 2 rings (SSSR count). The molecule has 2 unspecified atom stereocenters. The topological polar surface area (TPSA) is 24.5 Å². The summed E-state index contributed by atoms with van der Waals surface area (Å²) in [5.74, 6) is 1.60. The van der Waals surface area contributed by atoms with Crippen molar-refractivity contribution in [3.8, 4) is 0 Å². The fourth-order valence-corrected chi connectivity index (χ4v) is 3.43. The van der Waals surface area contributed by atoms with Crippen molar-refractivity contribution in [1.29, 1.82) is 0 Å². The van der Waals surface area contributed by atoms with Crippen LogP contribution in [0.25, 0.3) is 0 Å². The summed E-state index contributed by atoms with van der Waals surface area (Å²) in [7, 11) is 1.80. The maximum absolute atomic E-state index is 5.21. The number of nitrogens with one attached hydrogen (secondary N) is 1. The number of nitrogens with zero attached hydrogens (tertiary/aromatic N) is 1. The van der Waals surface area contributed by atoms with Gasteiger partial charge in [-0.25, -0.2) is 0 Å². The van der Waals surface area contributed by atoms with Gasteiger partial charge in [0, 0.05) is 26.3 Å². The molecular weight excluding hydrogens is 212 g/mol. The van der Waals surface area contributed by atoms with Gasteiger partial charge < -0.3 is 15.0 Å². The first kappa shape index (κ1) is 13.3. The molecule has 3 nitrogen and oxygen atoms in total. The summed E-state index contributed by atoms with van der Waals surface area (Å²) >= 11 is 0. The summed E-state index contributed by atoms with van der Waals surface area (Å²) < 4.78 is 5.21. The quantitative estimate of drug-likeness (QED) is 0.792. The van der Waals surface area contributed by atoms with Gasteiger partial charge >= 0.3 is 0 Å². The second-order valence-corrected chi connectivity index (χ2v) is 5.90. The van der Waals surface area contributed by atoms with Crippen LogP contribution in [0.5, 0.6) is 0 Å². The molecule has 0 saturated carbocycles. The summed E-state index contributed by atoms with van der Waals surface area (Å²) in [6.07, 6.45) is 5.56. The van der Waals surface area contributed by atoms with E-state index in [9.17, 15) is 0 Å². The van der Waals surface area contributed by atoms with Crippen molar-refractivity contribution in [2.24, 2.45) is 11.8 Å². The number of ether oxygens (including phenoxy) is 1. The minimum atomic E-state index is 0.668. The van der Waals surface area contributed by atoms with Crippen molar-refractivity contribution < 1.29 is 4.74 Å². The number of likely N-dealkylation sites (tertiary alicyclic amines) is 1. The molecule has 3 heteroatoms. The van der Waals surface area contributed by atoms with Crippen LogP contribution in [0.2, 0.25) is 0 Å². The number of piperidine rings is 1. The van der Waals surface area contributed by atoms with Crippen LogP contribution in [0.15, 0.2) is 0 Å². The van der Waals surface area contributed by atoms with E-state index in [-0.39, 0.29) is 0 Å². The summed E-state index contributed by atoms with van der Waals surface area (Å²) in [6.45, 7) is 8.21. The van der Waals surface area contributed by atoms with Crippen molar-refractivity contribution in [2.45, 2.75) is 38.6 Å². The van der Waals surface area contributed by atoms with Crippen LogP contribution < -0.4 is 5.32 Å². The van der Waals surface area contributed by atoms with E-state index in [1.807, 2.05) is 0 Å². The van der Waals surface area contributed by atoms with Crippen LogP contribution in [0, 0.1) is 11.8 Å². The van der Waals surface area contributed by atoms with E-state index in [0.717, 1.165) is 18.6 Å². The third-order valence-corrected chi connectivity index (χ3v) is 4.32. The third kappa shape index (κ3) is 3.94. The van der Waals surface area contributed by atoms with Gasteiger partial charge in [-0.15, -0.1) is 0 Å². The molecule has 2 atom stereocenters. The molecule has 0 spiro atoms. The molecule has 17 heavy (non-hydrogen) atoms. The zero-order chi connectivity index (χ0) is 12.1. The Hall–Kier alpha value is -0.120. The number of hydrogen-bond acceptors (Lipinski definition) is 3. The number of hydrogen-bond donors (Lipinski definition) is 1. The van der Waals surface area contributed by atoms with Gasteiger partial charge in [0.25, 0.3) is 0 Å². The van der Waals surface area contributed by atoms with Crippen molar-refractivity contribution in [1.82, 2.24) is 10.2 Å². The van der Waals surface area contributed by atoms with Crippen LogP contribution in [-0.4, -0.2) is 50.8 Å². The Morgan fingerprint density at radius 3 is 2.65 bits per heavy atom. The van der Waals surface area contributed by atoms with E-state index < -0.39 is 0 Å². The average Bonchev–Trinajstić information content (AvgIpc) is 2.84. The lowest BCUT2D eigenvalue weighted by atomic mass is 9.88. The number of rotatable bonds is 5.